The summed E-state index contributed by atoms with van der Waals surface area (Å²) in [6.45, 7) is 4.05. The lowest BCUT2D eigenvalue weighted by molar-refractivity contribution is 0.167. The number of halogens is 1. The van der Waals surface area contributed by atoms with Crippen molar-refractivity contribution in [2.24, 2.45) is 13.0 Å². The van der Waals surface area contributed by atoms with Crippen molar-refractivity contribution in [1.29, 1.82) is 0 Å². The Morgan fingerprint density at radius 2 is 2.12 bits per heavy atom. The first-order valence-electron chi connectivity index (χ1n) is 10.4. The average molecular weight is 435 g/mol. The zero-order chi connectivity index (χ0) is 22.4. The number of benzene rings is 1. The van der Waals surface area contributed by atoms with Crippen molar-refractivity contribution in [3.63, 3.8) is 0 Å². The molecule has 3 aromatic rings. The fourth-order valence-corrected chi connectivity index (χ4v) is 4.47. The van der Waals surface area contributed by atoms with Crippen LogP contribution in [0.2, 0.25) is 0 Å². The maximum absolute atomic E-state index is 14.8. The number of fused-ring (bicyclic) bond motifs is 2. The Bertz CT molecular complexity index is 1240. The largest absolute Gasteiger partial charge is 0.507 e. The van der Waals surface area contributed by atoms with E-state index in [9.17, 15) is 14.3 Å². The summed E-state index contributed by atoms with van der Waals surface area (Å²) in [6, 6.07) is 4.94. The Balaban J connectivity index is 1.37. The molecular formula is C22H22FN7O2. The SMILES string of the molecule is C=C(c1ncc(-c2ccc(-c3ncn(C)c(=O)n3)cc2O)nn1)[C@@H]1C[C@H]2CC[C@H](N2)[C@@H]1F. The third-order valence-corrected chi connectivity index (χ3v) is 6.27. The lowest BCUT2D eigenvalue weighted by atomic mass is 9.84. The highest BCUT2D eigenvalue weighted by atomic mass is 19.1. The highest BCUT2D eigenvalue weighted by Gasteiger charge is 2.43. The van der Waals surface area contributed by atoms with Gasteiger partial charge < -0.3 is 10.4 Å². The third-order valence-electron chi connectivity index (χ3n) is 6.27. The molecule has 2 fully saturated rings. The average Bonchev–Trinajstić information content (AvgIpc) is 3.21. The summed E-state index contributed by atoms with van der Waals surface area (Å²) in [5.41, 5.74) is 1.37. The number of aryl methyl sites for hydroxylation is 1. The number of nitrogens with zero attached hydrogens (tertiary/aromatic N) is 6. The van der Waals surface area contributed by atoms with E-state index in [1.165, 1.54) is 23.2 Å². The normalized spacial score (nSPS) is 24.4. The molecule has 0 unspecified atom stereocenters. The van der Waals surface area contributed by atoms with Crippen molar-refractivity contribution in [3.8, 4) is 28.4 Å². The summed E-state index contributed by atoms with van der Waals surface area (Å²) in [6.07, 6.45) is 4.33. The minimum atomic E-state index is -1.02. The van der Waals surface area contributed by atoms with E-state index in [0.29, 0.717) is 40.7 Å². The number of phenols is 1. The summed E-state index contributed by atoms with van der Waals surface area (Å²) >= 11 is 0. The lowest BCUT2D eigenvalue weighted by Crippen LogP contribution is -2.47. The summed E-state index contributed by atoms with van der Waals surface area (Å²) < 4.78 is 16.1. The number of piperidine rings is 1. The van der Waals surface area contributed by atoms with E-state index in [1.807, 2.05) is 0 Å². The molecule has 2 aliphatic rings. The molecule has 32 heavy (non-hydrogen) atoms. The van der Waals surface area contributed by atoms with E-state index in [2.05, 4.69) is 37.0 Å². The van der Waals surface area contributed by atoms with E-state index in [1.54, 1.807) is 19.2 Å². The molecule has 1 aromatic carbocycles. The molecule has 2 bridgehead atoms. The highest BCUT2D eigenvalue weighted by Crippen LogP contribution is 2.39. The van der Waals surface area contributed by atoms with Crippen molar-refractivity contribution in [2.45, 2.75) is 37.5 Å². The van der Waals surface area contributed by atoms with Gasteiger partial charge in [0.2, 0.25) is 0 Å². The van der Waals surface area contributed by atoms with Gasteiger partial charge in [-0.3, -0.25) is 4.57 Å². The molecule has 2 N–H and O–H groups in total. The molecule has 0 aliphatic carbocycles. The first-order valence-corrected chi connectivity index (χ1v) is 10.4. The second-order valence-electron chi connectivity index (χ2n) is 8.33. The number of aromatic nitrogens is 6. The van der Waals surface area contributed by atoms with E-state index < -0.39 is 11.9 Å². The minimum Gasteiger partial charge on any atom is -0.507 e. The Hall–Kier alpha value is -3.53. The molecule has 164 valence electrons. The van der Waals surface area contributed by atoms with Crippen LogP contribution in [0.15, 0.2) is 42.1 Å². The fraction of sp³-hybridized carbons (Fsp3) is 0.364. The molecule has 2 saturated heterocycles. The van der Waals surface area contributed by atoms with Gasteiger partial charge in [-0.2, -0.15) is 4.98 Å². The van der Waals surface area contributed by atoms with E-state index in [0.717, 1.165) is 12.8 Å². The van der Waals surface area contributed by atoms with Crippen LogP contribution in [0.4, 0.5) is 4.39 Å². The van der Waals surface area contributed by atoms with Crippen LogP contribution in [0.1, 0.15) is 25.1 Å². The number of alkyl halides is 1. The molecule has 9 nitrogen and oxygen atoms in total. The molecule has 0 spiro atoms. The first kappa shape index (κ1) is 20.4. The summed E-state index contributed by atoms with van der Waals surface area (Å²) in [4.78, 5) is 24.1. The molecule has 5 rings (SSSR count). The number of nitrogens with one attached hydrogen (secondary N) is 1. The quantitative estimate of drug-likeness (QED) is 0.638. The van der Waals surface area contributed by atoms with Crippen molar-refractivity contribution in [2.75, 3.05) is 0 Å². The van der Waals surface area contributed by atoms with Crippen LogP contribution >= 0.6 is 0 Å². The van der Waals surface area contributed by atoms with Gasteiger partial charge in [0, 0.05) is 36.2 Å². The van der Waals surface area contributed by atoms with Gasteiger partial charge in [0.05, 0.1) is 6.20 Å². The summed E-state index contributed by atoms with van der Waals surface area (Å²) in [7, 11) is 1.56. The molecule has 4 heterocycles. The number of phenolic OH excluding ortho intramolecular Hbond substituents is 1. The standard InChI is InChI=1S/C22H22FN7O2/c1-11(15-8-13-4-6-16(26-13)19(15)23)20-24-9-17(28-29-20)14-5-3-12(7-18(14)31)21-25-10-30(2)22(32)27-21/h3,5,7,9-10,13,15-16,19,26,31H,1,4,6,8H2,2H3/t13-,15+,16+,19-/m1/s1. The molecular weight excluding hydrogens is 413 g/mol. The van der Waals surface area contributed by atoms with Crippen molar-refractivity contribution < 1.29 is 9.50 Å². The fourth-order valence-electron chi connectivity index (χ4n) is 4.47. The van der Waals surface area contributed by atoms with E-state index >= 15 is 0 Å². The van der Waals surface area contributed by atoms with Gasteiger partial charge in [-0.15, -0.1) is 10.2 Å². The Morgan fingerprint density at radius 1 is 1.28 bits per heavy atom. The maximum Gasteiger partial charge on any atom is 0.350 e. The van der Waals surface area contributed by atoms with Crippen molar-refractivity contribution >= 4 is 5.57 Å². The monoisotopic (exact) mass is 435 g/mol. The van der Waals surface area contributed by atoms with Crippen LogP contribution in [0.5, 0.6) is 5.75 Å². The molecule has 0 radical (unpaired) electrons. The minimum absolute atomic E-state index is 0.0757. The second-order valence-corrected chi connectivity index (χ2v) is 8.33. The van der Waals surface area contributed by atoms with Crippen LogP contribution in [-0.2, 0) is 7.05 Å². The molecule has 0 amide bonds. The van der Waals surface area contributed by atoms with E-state index in [-0.39, 0.29) is 23.5 Å². The number of hydrogen-bond acceptors (Lipinski definition) is 8. The third kappa shape index (κ3) is 3.56. The Morgan fingerprint density at radius 3 is 2.84 bits per heavy atom. The predicted octanol–water partition coefficient (Wildman–Crippen LogP) is 1.89. The van der Waals surface area contributed by atoms with Gasteiger partial charge in [-0.1, -0.05) is 12.6 Å². The molecule has 2 aliphatic heterocycles. The molecule has 0 saturated carbocycles. The van der Waals surface area contributed by atoms with E-state index in [4.69, 9.17) is 0 Å². The summed E-state index contributed by atoms with van der Waals surface area (Å²) in [5.74, 6) is 0.121. The number of rotatable bonds is 4. The van der Waals surface area contributed by atoms with Gasteiger partial charge in [-0.25, -0.2) is 19.2 Å². The predicted molar refractivity (Wildman–Crippen MR) is 115 cm³/mol. The molecule has 4 atom stereocenters. The molecule has 10 heteroatoms. The van der Waals surface area contributed by atoms with Crippen LogP contribution in [-0.4, -0.2) is 53.1 Å². The van der Waals surface area contributed by atoms with Crippen LogP contribution in [0, 0.1) is 5.92 Å². The Labute approximate surface area is 183 Å². The van der Waals surface area contributed by atoms with Gasteiger partial charge in [-0.05, 0) is 37.0 Å². The van der Waals surface area contributed by atoms with Crippen molar-refractivity contribution in [1.82, 2.24) is 35.0 Å². The van der Waals surface area contributed by atoms with Crippen LogP contribution in [0.3, 0.4) is 0 Å². The van der Waals surface area contributed by atoms with Crippen molar-refractivity contribution in [3.05, 3.63) is 53.6 Å². The summed E-state index contributed by atoms with van der Waals surface area (Å²) in [5, 5.41) is 22.1. The molecule has 2 aromatic heterocycles. The zero-order valence-electron chi connectivity index (χ0n) is 17.4. The highest BCUT2D eigenvalue weighted by molar-refractivity contribution is 5.71. The smallest absolute Gasteiger partial charge is 0.350 e. The van der Waals surface area contributed by atoms with Gasteiger partial charge >= 0.3 is 5.69 Å². The lowest BCUT2D eigenvalue weighted by Gasteiger charge is -2.33. The zero-order valence-corrected chi connectivity index (χ0v) is 17.4. The number of allylic oxidation sites excluding steroid dienone is 1. The Kier molecular flexibility index (Phi) is 5.01. The topological polar surface area (TPSA) is 119 Å². The van der Waals surface area contributed by atoms with Gasteiger partial charge in [0.1, 0.15) is 23.9 Å². The van der Waals surface area contributed by atoms with Gasteiger partial charge in [0.25, 0.3) is 0 Å². The number of hydrogen-bond donors (Lipinski definition) is 2. The van der Waals surface area contributed by atoms with Crippen LogP contribution in [0.25, 0.3) is 28.2 Å². The van der Waals surface area contributed by atoms with Crippen LogP contribution < -0.4 is 11.0 Å². The maximum atomic E-state index is 14.8. The van der Waals surface area contributed by atoms with Gasteiger partial charge in [0.15, 0.2) is 11.6 Å². The number of aromatic hydroxyl groups is 1. The first-order chi connectivity index (χ1) is 15.4. The second kappa shape index (κ2) is 7.86.